The third-order valence-electron chi connectivity index (χ3n) is 2.97. The number of ether oxygens (including phenoxy) is 1. The van der Waals surface area contributed by atoms with E-state index in [9.17, 15) is 4.79 Å². The molecule has 1 heterocycles. The number of carbonyl (C=O) groups is 1. The Bertz CT molecular complexity index is 430. The molecule has 0 fully saturated rings. The molecule has 0 bridgehead atoms. The summed E-state index contributed by atoms with van der Waals surface area (Å²) < 4.78 is 5.55. The van der Waals surface area contributed by atoms with E-state index in [1.54, 1.807) is 0 Å². The molecule has 0 aliphatic carbocycles. The molecule has 0 saturated heterocycles. The summed E-state index contributed by atoms with van der Waals surface area (Å²) in [5.74, 6) is 0.978. The summed E-state index contributed by atoms with van der Waals surface area (Å²) in [6, 6.07) is 6.00. The molecule has 0 saturated carbocycles. The van der Waals surface area contributed by atoms with Crippen LogP contribution in [0.2, 0.25) is 0 Å². The zero-order valence-electron chi connectivity index (χ0n) is 10.7. The van der Waals surface area contributed by atoms with Gasteiger partial charge in [-0.1, -0.05) is 12.1 Å². The van der Waals surface area contributed by atoms with Crippen molar-refractivity contribution in [3.05, 3.63) is 29.3 Å². The molecule has 2 rings (SSSR count). The lowest BCUT2D eigenvalue weighted by molar-refractivity contribution is -0.121. The molecule has 1 aliphatic rings. The van der Waals surface area contributed by atoms with E-state index in [-0.39, 0.29) is 11.9 Å². The van der Waals surface area contributed by atoms with Gasteiger partial charge in [0.1, 0.15) is 5.75 Å². The highest BCUT2D eigenvalue weighted by Gasteiger charge is 2.11. The Balaban J connectivity index is 1.92. The van der Waals surface area contributed by atoms with Gasteiger partial charge in [0.2, 0.25) is 5.91 Å². The fraction of sp³-hybridized carbons (Fsp3) is 0.500. The number of benzene rings is 1. The van der Waals surface area contributed by atoms with Gasteiger partial charge in [0.15, 0.2) is 0 Å². The molecule has 0 aromatic heterocycles. The second-order valence-electron chi connectivity index (χ2n) is 4.85. The highest BCUT2D eigenvalue weighted by atomic mass is 16.5. The van der Waals surface area contributed by atoms with Crippen molar-refractivity contribution in [2.75, 3.05) is 6.61 Å². The van der Waals surface area contributed by atoms with E-state index < -0.39 is 0 Å². The standard InChI is InChI=1S/C14H20N2O2/c1-10(15)7-14(17)16-9-11-4-5-13-12(8-11)3-2-6-18-13/h4-5,8,10H,2-3,6-7,9,15H2,1H3,(H,16,17). The van der Waals surface area contributed by atoms with E-state index in [1.807, 2.05) is 19.1 Å². The minimum absolute atomic E-state index is 0.000953. The number of fused-ring (bicyclic) bond motifs is 1. The lowest BCUT2D eigenvalue weighted by Gasteiger charge is -2.18. The molecule has 1 amide bonds. The first kappa shape index (κ1) is 12.9. The number of aryl methyl sites for hydroxylation is 1. The molecule has 0 spiro atoms. The summed E-state index contributed by atoms with van der Waals surface area (Å²) >= 11 is 0. The molecule has 18 heavy (non-hydrogen) atoms. The first-order valence-corrected chi connectivity index (χ1v) is 6.42. The van der Waals surface area contributed by atoms with Crippen molar-refractivity contribution in [3.63, 3.8) is 0 Å². The summed E-state index contributed by atoms with van der Waals surface area (Å²) in [5.41, 5.74) is 7.92. The van der Waals surface area contributed by atoms with Crippen LogP contribution in [-0.4, -0.2) is 18.6 Å². The van der Waals surface area contributed by atoms with Crippen LogP contribution in [0.15, 0.2) is 18.2 Å². The van der Waals surface area contributed by atoms with Crippen LogP contribution in [0.1, 0.15) is 30.9 Å². The second-order valence-corrected chi connectivity index (χ2v) is 4.85. The van der Waals surface area contributed by atoms with Crippen molar-refractivity contribution < 1.29 is 9.53 Å². The van der Waals surface area contributed by atoms with Gasteiger partial charge >= 0.3 is 0 Å². The fourth-order valence-corrected chi connectivity index (χ4v) is 2.09. The SMILES string of the molecule is CC(N)CC(=O)NCc1ccc2c(c1)CCCO2. The maximum absolute atomic E-state index is 11.5. The molecule has 4 heteroatoms. The molecule has 1 unspecified atom stereocenters. The van der Waals surface area contributed by atoms with Gasteiger partial charge in [-0.15, -0.1) is 0 Å². The summed E-state index contributed by atoms with van der Waals surface area (Å²) in [6.45, 7) is 3.19. The largest absolute Gasteiger partial charge is 0.493 e. The van der Waals surface area contributed by atoms with E-state index in [0.717, 1.165) is 30.8 Å². The minimum atomic E-state index is -0.0954. The summed E-state index contributed by atoms with van der Waals surface area (Å²) in [6.07, 6.45) is 2.48. The van der Waals surface area contributed by atoms with Crippen LogP contribution in [0.3, 0.4) is 0 Å². The average Bonchev–Trinajstić information content (AvgIpc) is 2.35. The quantitative estimate of drug-likeness (QED) is 0.845. The first-order chi connectivity index (χ1) is 8.65. The summed E-state index contributed by atoms with van der Waals surface area (Å²) in [7, 11) is 0. The minimum Gasteiger partial charge on any atom is -0.493 e. The second kappa shape index (κ2) is 5.87. The third-order valence-corrected chi connectivity index (χ3v) is 2.97. The van der Waals surface area contributed by atoms with Crippen LogP contribution in [0.5, 0.6) is 5.75 Å². The highest BCUT2D eigenvalue weighted by molar-refractivity contribution is 5.76. The van der Waals surface area contributed by atoms with Crippen molar-refractivity contribution in [2.24, 2.45) is 5.73 Å². The summed E-state index contributed by atoms with van der Waals surface area (Å²) in [4.78, 5) is 11.5. The number of amides is 1. The van der Waals surface area contributed by atoms with Gasteiger partial charge in [-0.25, -0.2) is 0 Å². The molecule has 1 aromatic carbocycles. The number of nitrogens with two attached hydrogens (primary N) is 1. The predicted molar refractivity (Wildman–Crippen MR) is 70.4 cm³/mol. The molecular weight excluding hydrogens is 228 g/mol. The van der Waals surface area contributed by atoms with Crippen LogP contribution in [0.4, 0.5) is 0 Å². The molecule has 1 atom stereocenters. The number of rotatable bonds is 4. The van der Waals surface area contributed by atoms with Gasteiger partial charge in [-0.3, -0.25) is 4.79 Å². The Kier molecular flexibility index (Phi) is 4.20. The first-order valence-electron chi connectivity index (χ1n) is 6.42. The lowest BCUT2D eigenvalue weighted by atomic mass is 10.0. The summed E-state index contributed by atoms with van der Waals surface area (Å²) in [5, 5.41) is 2.88. The third kappa shape index (κ3) is 3.47. The molecule has 98 valence electrons. The molecule has 4 nitrogen and oxygen atoms in total. The highest BCUT2D eigenvalue weighted by Crippen LogP contribution is 2.25. The smallest absolute Gasteiger partial charge is 0.221 e. The number of carbonyl (C=O) groups excluding carboxylic acids is 1. The molecule has 3 N–H and O–H groups in total. The Morgan fingerprint density at radius 2 is 2.39 bits per heavy atom. The molecule has 1 aromatic rings. The Hall–Kier alpha value is -1.55. The van der Waals surface area contributed by atoms with Crippen molar-refractivity contribution >= 4 is 5.91 Å². The van der Waals surface area contributed by atoms with Crippen LogP contribution in [0, 0.1) is 0 Å². The van der Waals surface area contributed by atoms with Gasteiger partial charge in [-0.05, 0) is 37.0 Å². The molecule has 1 aliphatic heterocycles. The zero-order chi connectivity index (χ0) is 13.0. The van der Waals surface area contributed by atoms with Gasteiger partial charge < -0.3 is 15.8 Å². The number of nitrogens with one attached hydrogen (secondary N) is 1. The van der Waals surface area contributed by atoms with Crippen LogP contribution >= 0.6 is 0 Å². The Labute approximate surface area is 108 Å². The van der Waals surface area contributed by atoms with Crippen molar-refractivity contribution in [1.82, 2.24) is 5.32 Å². The Morgan fingerprint density at radius 1 is 1.56 bits per heavy atom. The van der Waals surface area contributed by atoms with Crippen molar-refractivity contribution in [3.8, 4) is 5.75 Å². The van der Waals surface area contributed by atoms with Crippen molar-refractivity contribution in [1.29, 1.82) is 0 Å². The average molecular weight is 248 g/mol. The maximum Gasteiger partial charge on any atom is 0.221 e. The predicted octanol–water partition coefficient (Wildman–Crippen LogP) is 1.37. The zero-order valence-corrected chi connectivity index (χ0v) is 10.7. The van der Waals surface area contributed by atoms with Crippen LogP contribution in [0.25, 0.3) is 0 Å². The van der Waals surface area contributed by atoms with Gasteiger partial charge in [0, 0.05) is 19.0 Å². The van der Waals surface area contributed by atoms with E-state index in [4.69, 9.17) is 10.5 Å². The van der Waals surface area contributed by atoms with E-state index >= 15 is 0 Å². The molecular formula is C14H20N2O2. The van der Waals surface area contributed by atoms with Gasteiger partial charge in [0.05, 0.1) is 6.61 Å². The normalized spacial score (nSPS) is 15.4. The number of hydrogen-bond acceptors (Lipinski definition) is 3. The van der Waals surface area contributed by atoms with E-state index in [1.165, 1.54) is 5.56 Å². The van der Waals surface area contributed by atoms with Crippen LogP contribution < -0.4 is 15.8 Å². The fourth-order valence-electron chi connectivity index (χ4n) is 2.09. The lowest BCUT2D eigenvalue weighted by Crippen LogP contribution is -2.29. The van der Waals surface area contributed by atoms with E-state index in [0.29, 0.717) is 13.0 Å². The maximum atomic E-state index is 11.5. The number of hydrogen-bond donors (Lipinski definition) is 2. The Morgan fingerprint density at radius 3 is 3.17 bits per heavy atom. The van der Waals surface area contributed by atoms with Crippen LogP contribution in [-0.2, 0) is 17.8 Å². The topological polar surface area (TPSA) is 64.4 Å². The van der Waals surface area contributed by atoms with Crippen molar-refractivity contribution in [2.45, 2.75) is 38.8 Å². The molecule has 0 radical (unpaired) electrons. The monoisotopic (exact) mass is 248 g/mol. The van der Waals surface area contributed by atoms with Gasteiger partial charge in [0.25, 0.3) is 0 Å². The van der Waals surface area contributed by atoms with Gasteiger partial charge in [-0.2, -0.15) is 0 Å². The van der Waals surface area contributed by atoms with E-state index in [2.05, 4.69) is 11.4 Å².